The van der Waals surface area contributed by atoms with Crippen LogP contribution in [-0.2, 0) is 4.79 Å². The molecule has 3 N–H and O–H groups in total. The lowest BCUT2D eigenvalue weighted by atomic mass is 10.0. The normalized spacial score (nSPS) is 17.6. The van der Waals surface area contributed by atoms with Crippen molar-refractivity contribution in [3.8, 4) is 0 Å². The fourth-order valence-electron chi connectivity index (χ4n) is 5.09. The second-order valence-electron chi connectivity index (χ2n) is 10.7. The van der Waals surface area contributed by atoms with Crippen molar-refractivity contribution in [1.29, 1.82) is 0 Å². The van der Waals surface area contributed by atoms with Crippen molar-refractivity contribution in [3.63, 3.8) is 0 Å². The minimum atomic E-state index is -1.33. The van der Waals surface area contributed by atoms with Crippen LogP contribution in [0.4, 0.5) is 17.1 Å². The van der Waals surface area contributed by atoms with Crippen molar-refractivity contribution in [2.45, 2.75) is 30.0 Å². The summed E-state index contributed by atoms with van der Waals surface area (Å²) in [5.74, 6) is -1.72. The quantitative estimate of drug-likeness (QED) is 0.155. The number of aryl methyl sites for hydroxylation is 1. The molecule has 1 saturated carbocycles. The van der Waals surface area contributed by atoms with E-state index in [0.29, 0.717) is 32.9 Å². The van der Waals surface area contributed by atoms with E-state index in [9.17, 15) is 9.59 Å². The SMILES string of the molecule is Cc1cc(NCC(C)c2ccccc2)ccc1NC(=O)c1cc(NC(=O)[C@H]2[C@H](c3cc(Cl)cc(Cl)c3)C2(Cl)Cl)ccc1Cl. The Balaban J connectivity index is 1.23. The summed E-state index contributed by atoms with van der Waals surface area (Å²) in [7, 11) is 0. The number of nitrogens with one attached hydrogen (secondary N) is 3. The van der Waals surface area contributed by atoms with Gasteiger partial charge in [-0.25, -0.2) is 0 Å². The molecule has 0 saturated heterocycles. The summed E-state index contributed by atoms with van der Waals surface area (Å²) in [4.78, 5) is 26.4. The predicted molar refractivity (Wildman–Crippen MR) is 180 cm³/mol. The van der Waals surface area contributed by atoms with Crippen LogP contribution in [0, 0.1) is 12.8 Å². The highest BCUT2D eigenvalue weighted by Crippen LogP contribution is 2.65. The Morgan fingerprint density at radius 3 is 2.19 bits per heavy atom. The first-order valence-corrected chi connectivity index (χ1v) is 15.5. The smallest absolute Gasteiger partial charge is 0.257 e. The highest BCUT2D eigenvalue weighted by Gasteiger charge is 2.67. The number of carbonyl (C=O) groups excluding carboxylic acids is 2. The lowest BCUT2D eigenvalue weighted by Gasteiger charge is -2.16. The van der Waals surface area contributed by atoms with Gasteiger partial charge in [0.1, 0.15) is 4.33 Å². The van der Waals surface area contributed by atoms with Crippen molar-refractivity contribution >= 4 is 86.9 Å². The van der Waals surface area contributed by atoms with Crippen LogP contribution in [-0.4, -0.2) is 22.7 Å². The van der Waals surface area contributed by atoms with E-state index >= 15 is 0 Å². The lowest BCUT2D eigenvalue weighted by Crippen LogP contribution is -2.18. The van der Waals surface area contributed by atoms with Crippen molar-refractivity contribution in [2.24, 2.45) is 5.92 Å². The van der Waals surface area contributed by atoms with Crippen LogP contribution in [0.1, 0.15) is 45.8 Å². The fourth-order valence-corrected chi connectivity index (χ4v) is 6.67. The van der Waals surface area contributed by atoms with Crippen molar-refractivity contribution in [1.82, 2.24) is 0 Å². The van der Waals surface area contributed by atoms with Gasteiger partial charge in [-0.15, -0.1) is 23.2 Å². The number of anilines is 3. The highest BCUT2D eigenvalue weighted by atomic mass is 35.5. The second kappa shape index (κ2) is 13.0. The molecule has 0 aliphatic heterocycles. The molecule has 0 radical (unpaired) electrons. The van der Waals surface area contributed by atoms with E-state index in [1.165, 1.54) is 11.6 Å². The van der Waals surface area contributed by atoms with Gasteiger partial charge in [0, 0.05) is 39.6 Å². The van der Waals surface area contributed by atoms with Crippen molar-refractivity contribution in [2.75, 3.05) is 22.5 Å². The van der Waals surface area contributed by atoms with Crippen LogP contribution in [0.2, 0.25) is 15.1 Å². The van der Waals surface area contributed by atoms with Crippen LogP contribution in [0.5, 0.6) is 0 Å². The Kier molecular flexibility index (Phi) is 9.50. The van der Waals surface area contributed by atoms with Crippen molar-refractivity contribution in [3.05, 3.63) is 122 Å². The third kappa shape index (κ3) is 7.25. The van der Waals surface area contributed by atoms with E-state index in [0.717, 1.165) is 17.8 Å². The summed E-state index contributed by atoms with van der Waals surface area (Å²) >= 11 is 31.6. The molecule has 43 heavy (non-hydrogen) atoms. The molecular formula is C33H28Cl5N3O2. The molecule has 10 heteroatoms. The van der Waals surface area contributed by atoms with E-state index in [1.54, 1.807) is 30.3 Å². The van der Waals surface area contributed by atoms with Gasteiger partial charge in [0.2, 0.25) is 5.91 Å². The van der Waals surface area contributed by atoms with Gasteiger partial charge in [0.25, 0.3) is 5.91 Å². The number of hydrogen-bond acceptors (Lipinski definition) is 3. The highest BCUT2D eigenvalue weighted by molar-refractivity contribution is 6.53. The summed E-state index contributed by atoms with van der Waals surface area (Å²) < 4.78 is -1.33. The van der Waals surface area contributed by atoms with Crippen LogP contribution in [0.3, 0.4) is 0 Å². The predicted octanol–water partition coefficient (Wildman–Crippen LogP) is 9.95. The molecule has 1 aliphatic carbocycles. The summed E-state index contributed by atoms with van der Waals surface area (Å²) in [5, 5.41) is 10.3. The van der Waals surface area contributed by atoms with Gasteiger partial charge in [-0.2, -0.15) is 0 Å². The maximum absolute atomic E-state index is 13.2. The van der Waals surface area contributed by atoms with Crippen LogP contribution >= 0.6 is 58.0 Å². The third-order valence-corrected chi connectivity index (χ3v) is 9.22. The Morgan fingerprint density at radius 2 is 1.51 bits per heavy atom. The summed E-state index contributed by atoms with van der Waals surface area (Å²) in [6.45, 7) is 4.86. The fraction of sp³-hybridized carbons (Fsp3) is 0.212. The number of halogens is 5. The minimum absolute atomic E-state index is 0.203. The molecule has 3 atom stereocenters. The standard InChI is InChI=1S/C33H28Cl5N3O2/c1-18-12-24(39-17-19(2)20-6-4-3-5-7-20)9-11-28(18)41-31(42)26-16-25(8-10-27(26)36)40-32(43)30-29(33(30,37)38)21-13-22(34)15-23(35)14-21/h3-16,19,29-30,39H,17H2,1-2H3,(H,40,43)(H,41,42)/t19?,29-,30+/m0/s1. The monoisotopic (exact) mass is 673 g/mol. The summed E-state index contributed by atoms with van der Waals surface area (Å²) in [5.41, 5.74) is 4.99. The zero-order valence-electron chi connectivity index (χ0n) is 23.2. The average Bonchev–Trinajstić information content (AvgIpc) is 3.55. The second-order valence-corrected chi connectivity index (χ2v) is 13.4. The molecule has 0 bridgehead atoms. The molecule has 0 aromatic heterocycles. The van der Waals surface area contributed by atoms with E-state index < -0.39 is 28.0 Å². The van der Waals surface area contributed by atoms with Crippen LogP contribution < -0.4 is 16.0 Å². The first kappa shape index (κ1) is 31.5. The van der Waals surface area contributed by atoms with E-state index in [-0.39, 0.29) is 10.6 Å². The molecule has 1 fully saturated rings. The average molecular weight is 676 g/mol. The molecule has 5 rings (SSSR count). The number of alkyl halides is 2. The van der Waals surface area contributed by atoms with Gasteiger partial charge < -0.3 is 16.0 Å². The molecule has 5 nitrogen and oxygen atoms in total. The molecule has 222 valence electrons. The maximum atomic E-state index is 13.2. The Morgan fingerprint density at radius 1 is 0.837 bits per heavy atom. The topological polar surface area (TPSA) is 70.2 Å². The largest absolute Gasteiger partial charge is 0.384 e. The van der Waals surface area contributed by atoms with Gasteiger partial charge in [-0.1, -0.05) is 72.1 Å². The van der Waals surface area contributed by atoms with Crippen LogP contribution in [0.15, 0.2) is 84.9 Å². The Labute approximate surface area is 275 Å². The zero-order valence-corrected chi connectivity index (χ0v) is 27.0. The Bertz CT molecular complexity index is 1660. The Hall–Kier alpha value is -2.93. The number of carbonyl (C=O) groups is 2. The molecule has 4 aromatic rings. The van der Waals surface area contributed by atoms with Gasteiger partial charge in [-0.3, -0.25) is 9.59 Å². The van der Waals surface area contributed by atoms with Gasteiger partial charge in [-0.05, 0) is 84.1 Å². The zero-order chi connectivity index (χ0) is 30.9. The molecule has 0 spiro atoms. The molecule has 0 heterocycles. The van der Waals surface area contributed by atoms with E-state index in [1.807, 2.05) is 43.3 Å². The molecule has 2 amide bonds. The molecule has 1 aliphatic rings. The third-order valence-electron chi connectivity index (χ3n) is 7.51. The minimum Gasteiger partial charge on any atom is -0.384 e. The van der Waals surface area contributed by atoms with Gasteiger partial charge in [0.15, 0.2) is 0 Å². The van der Waals surface area contributed by atoms with Crippen molar-refractivity contribution < 1.29 is 9.59 Å². The van der Waals surface area contributed by atoms with Crippen LogP contribution in [0.25, 0.3) is 0 Å². The lowest BCUT2D eigenvalue weighted by molar-refractivity contribution is -0.117. The molecular weight excluding hydrogens is 648 g/mol. The first-order valence-electron chi connectivity index (χ1n) is 13.6. The number of rotatable bonds is 9. The van der Waals surface area contributed by atoms with E-state index in [4.69, 9.17) is 58.0 Å². The first-order chi connectivity index (χ1) is 20.4. The number of amides is 2. The molecule has 1 unspecified atom stereocenters. The number of hydrogen-bond donors (Lipinski definition) is 3. The summed E-state index contributed by atoms with van der Waals surface area (Å²) in [6.07, 6.45) is 0. The summed E-state index contributed by atoms with van der Waals surface area (Å²) in [6, 6.07) is 25.7. The van der Waals surface area contributed by atoms with E-state index in [2.05, 4.69) is 35.0 Å². The van der Waals surface area contributed by atoms with Gasteiger partial charge >= 0.3 is 0 Å². The number of benzene rings is 4. The van der Waals surface area contributed by atoms with Gasteiger partial charge in [0.05, 0.1) is 16.5 Å². The molecule has 4 aromatic carbocycles. The maximum Gasteiger partial charge on any atom is 0.257 e.